The normalized spacial score (nSPS) is 30.6. The predicted octanol–water partition coefficient (Wildman–Crippen LogP) is 2.40. The Morgan fingerprint density at radius 2 is 1.70 bits per heavy atom. The third kappa shape index (κ3) is 3.37. The van der Waals surface area contributed by atoms with Gasteiger partial charge in [-0.25, -0.2) is 0 Å². The minimum Gasteiger partial charge on any atom is -0.490 e. The molecule has 4 nitrogen and oxygen atoms in total. The molecule has 1 unspecified atom stereocenters. The van der Waals surface area contributed by atoms with Crippen molar-refractivity contribution in [2.75, 3.05) is 32.7 Å². The van der Waals surface area contributed by atoms with Gasteiger partial charge in [0, 0.05) is 26.2 Å². The van der Waals surface area contributed by atoms with Crippen molar-refractivity contribution >= 4 is 5.91 Å². The van der Waals surface area contributed by atoms with E-state index in [-0.39, 0.29) is 0 Å². The first-order valence-corrected chi connectivity index (χ1v) is 9.00. The molecule has 4 heteroatoms. The lowest BCUT2D eigenvalue weighted by Gasteiger charge is -2.22. The highest BCUT2D eigenvalue weighted by Crippen LogP contribution is 2.39. The van der Waals surface area contributed by atoms with E-state index in [1.807, 2.05) is 35.2 Å². The summed E-state index contributed by atoms with van der Waals surface area (Å²) >= 11 is 0. The van der Waals surface area contributed by atoms with Gasteiger partial charge in [0.2, 0.25) is 5.91 Å². The molecule has 0 N–H and O–H groups in total. The van der Waals surface area contributed by atoms with Crippen molar-refractivity contribution in [2.45, 2.75) is 31.8 Å². The number of fused-ring (bicyclic) bond motifs is 1. The van der Waals surface area contributed by atoms with Crippen LogP contribution in [-0.4, -0.2) is 54.5 Å². The highest BCUT2D eigenvalue weighted by atomic mass is 16.5. The summed E-state index contributed by atoms with van der Waals surface area (Å²) in [5.41, 5.74) is 0. The Labute approximate surface area is 138 Å². The second kappa shape index (κ2) is 6.52. The number of nitrogens with zero attached hydrogens (tertiary/aromatic N) is 2. The summed E-state index contributed by atoms with van der Waals surface area (Å²) in [6, 6.07) is 10.1. The molecular formula is C19H26N2O2. The zero-order valence-corrected chi connectivity index (χ0v) is 13.7. The standard InChI is InChI=1S/C19H26N2O2/c22-19(21-8-4-5-9-21)14-20-12-15-10-18(11-16(15)13-20)23-17-6-2-1-3-7-17/h1-3,6-7,15-16,18H,4-5,8-14H2/t15-,16+,18?. The number of likely N-dealkylation sites (tertiary alicyclic amines) is 2. The van der Waals surface area contributed by atoms with Crippen LogP contribution in [0.2, 0.25) is 0 Å². The van der Waals surface area contributed by atoms with E-state index >= 15 is 0 Å². The molecule has 3 fully saturated rings. The van der Waals surface area contributed by atoms with E-state index in [1.54, 1.807) is 0 Å². The smallest absolute Gasteiger partial charge is 0.236 e. The summed E-state index contributed by atoms with van der Waals surface area (Å²) in [7, 11) is 0. The molecule has 3 aliphatic rings. The highest BCUT2D eigenvalue weighted by molar-refractivity contribution is 5.78. The molecule has 3 atom stereocenters. The number of benzene rings is 1. The fourth-order valence-corrected chi connectivity index (χ4v) is 4.52. The van der Waals surface area contributed by atoms with Gasteiger partial charge in [-0.1, -0.05) is 18.2 Å². The Morgan fingerprint density at radius 3 is 2.35 bits per heavy atom. The summed E-state index contributed by atoms with van der Waals surface area (Å²) in [5, 5.41) is 0. The molecule has 124 valence electrons. The molecule has 1 aromatic carbocycles. The van der Waals surface area contributed by atoms with Gasteiger partial charge in [-0.05, 0) is 49.7 Å². The lowest BCUT2D eigenvalue weighted by molar-refractivity contribution is -0.131. The molecule has 2 saturated heterocycles. The van der Waals surface area contributed by atoms with Crippen LogP contribution in [0.4, 0.5) is 0 Å². The van der Waals surface area contributed by atoms with Crippen molar-refractivity contribution in [3.8, 4) is 5.75 Å². The van der Waals surface area contributed by atoms with Crippen LogP contribution in [-0.2, 0) is 4.79 Å². The number of ether oxygens (including phenoxy) is 1. The first-order valence-electron chi connectivity index (χ1n) is 9.00. The summed E-state index contributed by atoms with van der Waals surface area (Å²) in [5.74, 6) is 2.73. The van der Waals surface area contributed by atoms with Gasteiger partial charge in [0.25, 0.3) is 0 Å². The molecule has 2 heterocycles. The van der Waals surface area contributed by atoms with Crippen LogP contribution in [0.15, 0.2) is 30.3 Å². The first kappa shape index (κ1) is 15.0. The Balaban J connectivity index is 1.26. The van der Waals surface area contributed by atoms with Gasteiger partial charge in [-0.2, -0.15) is 0 Å². The van der Waals surface area contributed by atoms with Crippen LogP contribution >= 0.6 is 0 Å². The second-order valence-corrected chi connectivity index (χ2v) is 7.33. The molecule has 0 aromatic heterocycles. The van der Waals surface area contributed by atoms with Crippen LogP contribution in [0, 0.1) is 11.8 Å². The molecule has 0 bridgehead atoms. The maximum Gasteiger partial charge on any atom is 0.236 e. The minimum absolute atomic E-state index is 0.333. The van der Waals surface area contributed by atoms with E-state index in [0.717, 1.165) is 44.8 Å². The Hall–Kier alpha value is -1.55. The van der Waals surface area contributed by atoms with Gasteiger partial charge in [0.15, 0.2) is 0 Å². The van der Waals surface area contributed by atoms with E-state index in [2.05, 4.69) is 4.90 Å². The average molecular weight is 314 g/mol. The second-order valence-electron chi connectivity index (χ2n) is 7.33. The molecule has 4 rings (SSSR count). The van der Waals surface area contributed by atoms with E-state index < -0.39 is 0 Å². The largest absolute Gasteiger partial charge is 0.490 e. The fourth-order valence-electron chi connectivity index (χ4n) is 4.52. The molecule has 1 aliphatic carbocycles. The molecule has 0 spiro atoms. The third-order valence-corrected chi connectivity index (χ3v) is 5.65. The monoisotopic (exact) mass is 314 g/mol. The van der Waals surface area contributed by atoms with Gasteiger partial charge in [-0.15, -0.1) is 0 Å². The average Bonchev–Trinajstić information content (AvgIpc) is 3.24. The molecule has 2 aliphatic heterocycles. The summed E-state index contributed by atoms with van der Waals surface area (Å²) in [4.78, 5) is 16.7. The van der Waals surface area contributed by atoms with Gasteiger partial charge in [0.05, 0.1) is 12.6 Å². The minimum atomic E-state index is 0.333. The Bertz CT molecular complexity index is 528. The van der Waals surface area contributed by atoms with Gasteiger partial charge >= 0.3 is 0 Å². The first-order chi connectivity index (χ1) is 11.3. The molecular weight excluding hydrogens is 288 g/mol. The van der Waals surface area contributed by atoms with E-state index in [9.17, 15) is 4.79 Å². The number of carbonyl (C=O) groups is 1. The molecule has 0 radical (unpaired) electrons. The van der Waals surface area contributed by atoms with Crippen molar-refractivity contribution in [3.05, 3.63) is 30.3 Å². The summed E-state index contributed by atoms with van der Waals surface area (Å²) in [6.07, 6.45) is 4.97. The van der Waals surface area contributed by atoms with Crippen molar-refractivity contribution in [2.24, 2.45) is 11.8 Å². The molecule has 1 aromatic rings. The summed E-state index contributed by atoms with van der Waals surface area (Å²) < 4.78 is 6.12. The summed E-state index contributed by atoms with van der Waals surface area (Å²) in [6.45, 7) is 4.69. The number of amides is 1. The van der Waals surface area contributed by atoms with Crippen LogP contribution in [0.25, 0.3) is 0 Å². The van der Waals surface area contributed by atoms with Crippen LogP contribution < -0.4 is 4.74 Å². The van der Waals surface area contributed by atoms with Crippen LogP contribution in [0.3, 0.4) is 0 Å². The van der Waals surface area contributed by atoms with Crippen molar-refractivity contribution in [1.29, 1.82) is 0 Å². The van der Waals surface area contributed by atoms with Crippen molar-refractivity contribution in [1.82, 2.24) is 9.80 Å². The third-order valence-electron chi connectivity index (χ3n) is 5.65. The van der Waals surface area contributed by atoms with Crippen LogP contribution in [0.1, 0.15) is 25.7 Å². The Kier molecular flexibility index (Phi) is 4.25. The maximum atomic E-state index is 12.3. The van der Waals surface area contributed by atoms with Crippen molar-refractivity contribution in [3.63, 3.8) is 0 Å². The zero-order chi connectivity index (χ0) is 15.6. The van der Waals surface area contributed by atoms with E-state index in [1.165, 1.54) is 12.8 Å². The lowest BCUT2D eigenvalue weighted by Crippen LogP contribution is -2.38. The van der Waals surface area contributed by atoms with Crippen molar-refractivity contribution < 1.29 is 9.53 Å². The SMILES string of the molecule is O=C(CN1C[C@H]2CC(Oc3ccccc3)C[C@H]2C1)N1CCCC1. The van der Waals surface area contributed by atoms with Gasteiger partial charge < -0.3 is 9.64 Å². The topological polar surface area (TPSA) is 32.8 Å². The number of carbonyl (C=O) groups excluding carboxylic acids is 1. The number of hydrogen-bond donors (Lipinski definition) is 0. The highest BCUT2D eigenvalue weighted by Gasteiger charge is 2.42. The predicted molar refractivity (Wildman–Crippen MR) is 89.3 cm³/mol. The van der Waals surface area contributed by atoms with Crippen LogP contribution in [0.5, 0.6) is 5.75 Å². The van der Waals surface area contributed by atoms with Gasteiger partial charge in [-0.3, -0.25) is 9.69 Å². The molecule has 23 heavy (non-hydrogen) atoms. The van der Waals surface area contributed by atoms with Gasteiger partial charge in [0.1, 0.15) is 5.75 Å². The zero-order valence-electron chi connectivity index (χ0n) is 13.7. The lowest BCUT2D eigenvalue weighted by atomic mass is 10.0. The number of para-hydroxylation sites is 1. The maximum absolute atomic E-state index is 12.3. The quantitative estimate of drug-likeness (QED) is 0.855. The Morgan fingerprint density at radius 1 is 1.04 bits per heavy atom. The molecule has 1 saturated carbocycles. The van der Waals surface area contributed by atoms with E-state index in [4.69, 9.17) is 4.74 Å². The molecule has 1 amide bonds. The van der Waals surface area contributed by atoms with E-state index in [0.29, 0.717) is 30.4 Å². The number of rotatable bonds is 4. The fraction of sp³-hybridized carbons (Fsp3) is 0.632. The number of hydrogen-bond acceptors (Lipinski definition) is 3.